The molecule has 2 rings (SSSR count). The molecule has 1 aromatic carbocycles. The minimum atomic E-state index is -0.489. The van der Waals surface area contributed by atoms with Crippen LogP contribution in [0.1, 0.15) is 5.56 Å². The van der Waals surface area contributed by atoms with Gasteiger partial charge in [0.15, 0.2) is 0 Å². The Balaban J connectivity index is 2.92. The van der Waals surface area contributed by atoms with E-state index < -0.39 is 5.69 Å². The van der Waals surface area contributed by atoms with Gasteiger partial charge in [-0.3, -0.25) is 9.36 Å². The summed E-state index contributed by atoms with van der Waals surface area (Å²) in [7, 11) is 0. The van der Waals surface area contributed by atoms with E-state index in [1.165, 1.54) is 0 Å². The van der Waals surface area contributed by atoms with Gasteiger partial charge in [0, 0.05) is 0 Å². The average molecular weight is 220 g/mol. The fourth-order valence-corrected chi connectivity index (χ4v) is 1.77. The molecule has 16 heavy (non-hydrogen) atoms. The summed E-state index contributed by atoms with van der Waals surface area (Å²) < 4.78 is 1.01. The lowest BCUT2D eigenvalue weighted by molar-refractivity contribution is 0.272. The van der Waals surface area contributed by atoms with Gasteiger partial charge in [0.2, 0.25) is 0 Å². The zero-order chi connectivity index (χ0) is 11.7. The first-order valence-corrected chi connectivity index (χ1v) is 4.98. The number of hydrogen-bond donors (Lipinski definition) is 2. The first-order valence-electron chi connectivity index (χ1n) is 4.98. The van der Waals surface area contributed by atoms with Crippen molar-refractivity contribution in [3.63, 3.8) is 0 Å². The van der Waals surface area contributed by atoms with Crippen molar-refractivity contribution in [2.45, 2.75) is 13.5 Å². The molecule has 0 bridgehead atoms. The quantitative estimate of drug-likeness (QED) is 0.747. The van der Waals surface area contributed by atoms with Crippen LogP contribution >= 0.6 is 0 Å². The van der Waals surface area contributed by atoms with E-state index in [-0.39, 0.29) is 18.7 Å². The maximum atomic E-state index is 12.0. The molecule has 0 amide bonds. The van der Waals surface area contributed by atoms with Crippen molar-refractivity contribution in [2.24, 2.45) is 0 Å². The molecule has 2 N–H and O–H groups in total. The summed E-state index contributed by atoms with van der Waals surface area (Å²) in [6, 6.07) is 5.28. The van der Waals surface area contributed by atoms with E-state index >= 15 is 0 Å². The summed E-state index contributed by atoms with van der Waals surface area (Å²) >= 11 is 0. The maximum Gasteiger partial charge on any atom is 0.328 e. The smallest absolute Gasteiger partial charge is 0.328 e. The predicted molar refractivity (Wildman–Crippen MR) is 60.7 cm³/mol. The van der Waals surface area contributed by atoms with Gasteiger partial charge < -0.3 is 10.1 Å². The molecule has 0 saturated heterocycles. The molecular formula is C11H12N2O3. The molecule has 0 spiro atoms. The predicted octanol–water partition coefficient (Wildman–Crippen LogP) is -0.00948. The molecule has 0 aliphatic rings. The number of nitrogens with zero attached hydrogens (tertiary/aromatic N) is 1. The van der Waals surface area contributed by atoms with Crippen molar-refractivity contribution in [3.8, 4) is 0 Å². The lowest BCUT2D eigenvalue weighted by Crippen LogP contribution is -2.36. The van der Waals surface area contributed by atoms with Crippen molar-refractivity contribution in [2.75, 3.05) is 6.61 Å². The topological polar surface area (TPSA) is 75.1 Å². The Bertz CT molecular complexity index is 640. The molecule has 1 heterocycles. The normalized spacial score (nSPS) is 10.9. The number of aromatic amines is 1. The van der Waals surface area contributed by atoms with Gasteiger partial charge in [-0.15, -0.1) is 0 Å². The molecule has 0 unspecified atom stereocenters. The van der Waals surface area contributed by atoms with Crippen LogP contribution in [0, 0.1) is 6.92 Å². The number of aromatic nitrogens is 2. The third-order valence-electron chi connectivity index (χ3n) is 2.54. The molecule has 0 fully saturated rings. The second kappa shape index (κ2) is 3.94. The summed E-state index contributed by atoms with van der Waals surface area (Å²) in [6.45, 7) is 1.59. The fourth-order valence-electron chi connectivity index (χ4n) is 1.77. The van der Waals surface area contributed by atoms with Crippen molar-refractivity contribution in [1.82, 2.24) is 9.55 Å². The number of aliphatic hydroxyl groups excluding tert-OH is 1. The second-order valence-corrected chi connectivity index (χ2v) is 3.61. The number of benzene rings is 1. The first-order chi connectivity index (χ1) is 7.65. The molecule has 1 aromatic heterocycles. The van der Waals surface area contributed by atoms with Crippen molar-refractivity contribution < 1.29 is 5.11 Å². The number of aryl methyl sites for hydroxylation is 1. The van der Waals surface area contributed by atoms with Gasteiger partial charge in [-0.25, -0.2) is 4.79 Å². The Morgan fingerprint density at radius 3 is 2.81 bits per heavy atom. The zero-order valence-electron chi connectivity index (χ0n) is 8.86. The van der Waals surface area contributed by atoms with Crippen molar-refractivity contribution in [1.29, 1.82) is 0 Å². The molecule has 0 aliphatic heterocycles. The molecule has 0 aliphatic carbocycles. The van der Waals surface area contributed by atoms with Gasteiger partial charge in [-0.05, 0) is 18.6 Å². The molecule has 84 valence electrons. The monoisotopic (exact) mass is 220 g/mol. The highest BCUT2D eigenvalue weighted by atomic mass is 16.3. The number of nitrogens with one attached hydrogen (secondary N) is 1. The Hall–Kier alpha value is -1.88. The first kappa shape index (κ1) is 10.6. The van der Waals surface area contributed by atoms with Crippen molar-refractivity contribution in [3.05, 3.63) is 44.6 Å². The minimum Gasteiger partial charge on any atom is -0.395 e. The average Bonchev–Trinajstić information content (AvgIpc) is 2.24. The van der Waals surface area contributed by atoms with Crippen LogP contribution in [-0.4, -0.2) is 21.3 Å². The van der Waals surface area contributed by atoms with E-state index in [0.29, 0.717) is 10.9 Å². The van der Waals surface area contributed by atoms with Crippen LogP contribution in [0.25, 0.3) is 10.9 Å². The lowest BCUT2D eigenvalue weighted by Gasteiger charge is -2.05. The molecule has 5 heteroatoms. The molecular weight excluding hydrogens is 208 g/mol. The number of aliphatic hydroxyl groups is 1. The van der Waals surface area contributed by atoms with Gasteiger partial charge in [-0.2, -0.15) is 0 Å². The van der Waals surface area contributed by atoms with Crippen LogP contribution in [0.4, 0.5) is 0 Å². The van der Waals surface area contributed by atoms with E-state index in [2.05, 4.69) is 4.98 Å². The summed E-state index contributed by atoms with van der Waals surface area (Å²) in [5.41, 5.74) is 0.498. The summed E-state index contributed by atoms with van der Waals surface area (Å²) in [4.78, 5) is 26.2. The van der Waals surface area contributed by atoms with Gasteiger partial charge >= 0.3 is 5.69 Å². The van der Waals surface area contributed by atoms with Gasteiger partial charge in [0.25, 0.3) is 5.56 Å². The third-order valence-corrected chi connectivity index (χ3v) is 2.54. The SMILES string of the molecule is Cc1cccc2[nH]c(=O)n(CCO)c(=O)c12. The largest absolute Gasteiger partial charge is 0.395 e. The zero-order valence-corrected chi connectivity index (χ0v) is 8.86. The van der Waals surface area contributed by atoms with Crippen LogP contribution in [0.2, 0.25) is 0 Å². The van der Waals surface area contributed by atoms with Crippen LogP contribution in [0.3, 0.4) is 0 Å². The Morgan fingerprint density at radius 1 is 1.38 bits per heavy atom. The lowest BCUT2D eigenvalue weighted by atomic mass is 10.1. The maximum absolute atomic E-state index is 12.0. The highest BCUT2D eigenvalue weighted by molar-refractivity contribution is 5.80. The van der Waals surface area contributed by atoms with Gasteiger partial charge in [0.05, 0.1) is 24.1 Å². The van der Waals surface area contributed by atoms with Gasteiger partial charge in [0.1, 0.15) is 0 Å². The summed E-state index contributed by atoms with van der Waals surface area (Å²) in [5.74, 6) is 0. The summed E-state index contributed by atoms with van der Waals surface area (Å²) in [5, 5.41) is 9.29. The standard InChI is InChI=1S/C11H12N2O3/c1-7-3-2-4-8-9(7)10(15)13(5-6-14)11(16)12-8/h2-4,14H,5-6H2,1H3,(H,12,16). The van der Waals surface area contributed by atoms with Crippen molar-refractivity contribution >= 4 is 10.9 Å². The minimum absolute atomic E-state index is 0.0123. The second-order valence-electron chi connectivity index (χ2n) is 3.61. The molecule has 0 atom stereocenters. The van der Waals surface area contributed by atoms with E-state index in [4.69, 9.17) is 5.11 Å². The highest BCUT2D eigenvalue weighted by Crippen LogP contribution is 2.09. The Morgan fingerprint density at radius 2 is 2.12 bits per heavy atom. The van der Waals surface area contributed by atoms with E-state index in [1.54, 1.807) is 12.1 Å². The highest BCUT2D eigenvalue weighted by Gasteiger charge is 2.08. The van der Waals surface area contributed by atoms with E-state index in [9.17, 15) is 9.59 Å². The molecule has 5 nitrogen and oxygen atoms in total. The van der Waals surface area contributed by atoms with E-state index in [1.807, 2.05) is 13.0 Å². The number of rotatable bonds is 2. The number of fused-ring (bicyclic) bond motifs is 1. The molecule has 0 radical (unpaired) electrons. The number of H-pyrrole nitrogens is 1. The van der Waals surface area contributed by atoms with Crippen LogP contribution in [-0.2, 0) is 6.54 Å². The molecule has 0 saturated carbocycles. The Kier molecular flexibility index (Phi) is 2.62. The Labute approximate surface area is 91.0 Å². The van der Waals surface area contributed by atoms with Crippen LogP contribution in [0.5, 0.6) is 0 Å². The fraction of sp³-hybridized carbons (Fsp3) is 0.273. The van der Waals surface area contributed by atoms with Crippen LogP contribution < -0.4 is 11.2 Å². The van der Waals surface area contributed by atoms with Gasteiger partial charge in [-0.1, -0.05) is 12.1 Å². The molecule has 2 aromatic rings. The number of hydrogen-bond acceptors (Lipinski definition) is 3. The summed E-state index contributed by atoms with van der Waals surface area (Å²) in [6.07, 6.45) is 0. The van der Waals surface area contributed by atoms with Crippen LogP contribution in [0.15, 0.2) is 27.8 Å². The third kappa shape index (κ3) is 1.55. The van der Waals surface area contributed by atoms with E-state index in [0.717, 1.165) is 10.1 Å².